The van der Waals surface area contributed by atoms with Crippen molar-refractivity contribution in [2.24, 2.45) is 5.92 Å². The van der Waals surface area contributed by atoms with Crippen molar-refractivity contribution in [2.75, 3.05) is 7.11 Å². The molecule has 3 nitrogen and oxygen atoms in total. The molecular formula is C17H24BrNO2. The van der Waals surface area contributed by atoms with Crippen LogP contribution < -0.4 is 10.1 Å². The molecular weight excluding hydrogens is 330 g/mol. The predicted octanol–water partition coefficient (Wildman–Crippen LogP) is 4.55. The van der Waals surface area contributed by atoms with E-state index in [4.69, 9.17) is 4.74 Å². The van der Waals surface area contributed by atoms with Gasteiger partial charge in [0.2, 0.25) is 0 Å². The lowest BCUT2D eigenvalue weighted by Gasteiger charge is -2.29. The van der Waals surface area contributed by atoms with Crippen molar-refractivity contribution in [3.63, 3.8) is 0 Å². The van der Waals surface area contributed by atoms with Gasteiger partial charge in [-0.2, -0.15) is 0 Å². The lowest BCUT2D eigenvalue weighted by atomic mass is 9.83. The van der Waals surface area contributed by atoms with Gasteiger partial charge in [0.25, 0.3) is 5.91 Å². The first kappa shape index (κ1) is 16.3. The molecule has 1 aliphatic rings. The van der Waals surface area contributed by atoms with E-state index in [0.717, 1.165) is 29.0 Å². The van der Waals surface area contributed by atoms with Gasteiger partial charge in [0.1, 0.15) is 5.75 Å². The van der Waals surface area contributed by atoms with E-state index >= 15 is 0 Å². The summed E-state index contributed by atoms with van der Waals surface area (Å²) in [5.74, 6) is 1.61. The van der Waals surface area contributed by atoms with Crippen molar-refractivity contribution in [1.29, 1.82) is 0 Å². The summed E-state index contributed by atoms with van der Waals surface area (Å²) in [4.78, 5) is 12.3. The number of methoxy groups -OCH3 is 1. The van der Waals surface area contributed by atoms with Crippen molar-refractivity contribution < 1.29 is 9.53 Å². The maximum absolute atomic E-state index is 12.3. The molecule has 21 heavy (non-hydrogen) atoms. The van der Waals surface area contributed by atoms with Crippen LogP contribution in [0.3, 0.4) is 0 Å². The number of rotatable bonds is 5. The highest BCUT2D eigenvalue weighted by Gasteiger charge is 2.22. The van der Waals surface area contributed by atoms with Gasteiger partial charge in [-0.05, 0) is 65.7 Å². The van der Waals surface area contributed by atoms with Crippen LogP contribution >= 0.6 is 15.9 Å². The zero-order chi connectivity index (χ0) is 15.2. The highest BCUT2D eigenvalue weighted by Crippen LogP contribution is 2.28. The smallest absolute Gasteiger partial charge is 0.251 e. The van der Waals surface area contributed by atoms with E-state index in [0.29, 0.717) is 11.6 Å². The number of nitrogens with one attached hydrogen (secondary N) is 1. The number of hydrogen-bond donors (Lipinski definition) is 1. The van der Waals surface area contributed by atoms with E-state index in [9.17, 15) is 4.79 Å². The molecule has 0 radical (unpaired) electrons. The van der Waals surface area contributed by atoms with Crippen molar-refractivity contribution in [1.82, 2.24) is 5.32 Å². The van der Waals surface area contributed by atoms with Gasteiger partial charge in [-0.25, -0.2) is 0 Å². The van der Waals surface area contributed by atoms with Crippen LogP contribution in [0.1, 0.15) is 55.8 Å². The average Bonchev–Trinajstić information content (AvgIpc) is 2.49. The fourth-order valence-corrected chi connectivity index (χ4v) is 3.62. The molecule has 116 valence electrons. The minimum atomic E-state index is 0.0114. The summed E-state index contributed by atoms with van der Waals surface area (Å²) in [6, 6.07) is 5.77. The van der Waals surface area contributed by atoms with Crippen LogP contribution in [-0.2, 0) is 0 Å². The average molecular weight is 354 g/mol. The molecule has 0 saturated heterocycles. The molecule has 1 fully saturated rings. The Labute approximate surface area is 135 Å². The van der Waals surface area contributed by atoms with Crippen molar-refractivity contribution in [3.8, 4) is 5.75 Å². The summed E-state index contributed by atoms with van der Waals surface area (Å²) < 4.78 is 6.00. The second kappa shape index (κ2) is 7.83. The Balaban J connectivity index is 1.89. The van der Waals surface area contributed by atoms with Gasteiger partial charge < -0.3 is 10.1 Å². The Morgan fingerprint density at radius 1 is 1.33 bits per heavy atom. The Hall–Kier alpha value is -1.03. The van der Waals surface area contributed by atoms with E-state index in [1.165, 1.54) is 25.7 Å². The van der Waals surface area contributed by atoms with Crippen molar-refractivity contribution >= 4 is 21.8 Å². The standard InChI is InChI=1S/C17H24BrNO2/c1-3-4-12-5-8-14(9-6-12)19-17(20)13-7-10-16(21-2)15(18)11-13/h7,10-12,14H,3-6,8-9H2,1-2H3,(H,19,20). The number of amides is 1. The third kappa shape index (κ3) is 4.47. The summed E-state index contributed by atoms with van der Waals surface area (Å²) in [5, 5.41) is 3.16. The predicted molar refractivity (Wildman–Crippen MR) is 88.8 cm³/mol. The van der Waals surface area contributed by atoms with Crippen molar-refractivity contribution in [3.05, 3.63) is 28.2 Å². The van der Waals surface area contributed by atoms with Gasteiger partial charge in [-0.1, -0.05) is 19.8 Å². The number of halogens is 1. The molecule has 4 heteroatoms. The van der Waals surface area contributed by atoms with Crippen LogP contribution in [0.25, 0.3) is 0 Å². The first-order valence-electron chi connectivity index (χ1n) is 7.78. The van der Waals surface area contributed by atoms with Crippen LogP contribution in [0.5, 0.6) is 5.75 Å². The molecule has 2 rings (SSSR count). The lowest BCUT2D eigenvalue weighted by Crippen LogP contribution is -2.37. The number of carbonyl (C=O) groups is 1. The third-order valence-corrected chi connectivity index (χ3v) is 4.91. The topological polar surface area (TPSA) is 38.3 Å². The molecule has 0 bridgehead atoms. The first-order chi connectivity index (χ1) is 10.1. The number of carbonyl (C=O) groups excluding carboxylic acids is 1. The number of ether oxygens (including phenoxy) is 1. The Morgan fingerprint density at radius 3 is 2.62 bits per heavy atom. The van der Waals surface area contributed by atoms with Crippen LogP contribution in [0.4, 0.5) is 0 Å². The second-order valence-corrected chi connectivity index (χ2v) is 6.68. The molecule has 0 atom stereocenters. The fraction of sp³-hybridized carbons (Fsp3) is 0.588. The van der Waals surface area contributed by atoms with Gasteiger partial charge in [-0.15, -0.1) is 0 Å². The van der Waals surface area contributed by atoms with Gasteiger partial charge in [-0.3, -0.25) is 4.79 Å². The van der Waals surface area contributed by atoms with E-state index in [1.54, 1.807) is 7.11 Å². The maximum Gasteiger partial charge on any atom is 0.251 e. The Morgan fingerprint density at radius 2 is 2.05 bits per heavy atom. The van der Waals surface area contributed by atoms with Crippen molar-refractivity contribution in [2.45, 2.75) is 51.5 Å². The summed E-state index contributed by atoms with van der Waals surface area (Å²) in [6.07, 6.45) is 7.28. The van der Waals surface area contributed by atoms with E-state index in [1.807, 2.05) is 18.2 Å². The Bertz CT molecular complexity index is 482. The van der Waals surface area contributed by atoms with Crippen LogP contribution in [-0.4, -0.2) is 19.1 Å². The van der Waals surface area contributed by atoms with E-state index < -0.39 is 0 Å². The van der Waals surface area contributed by atoms with Crippen LogP contribution in [0, 0.1) is 5.92 Å². The molecule has 1 amide bonds. The maximum atomic E-state index is 12.3. The Kier molecular flexibility index (Phi) is 6.09. The van der Waals surface area contributed by atoms with E-state index in [-0.39, 0.29) is 5.91 Å². The minimum Gasteiger partial charge on any atom is -0.496 e. The lowest BCUT2D eigenvalue weighted by molar-refractivity contribution is 0.0921. The monoisotopic (exact) mass is 353 g/mol. The number of benzene rings is 1. The molecule has 1 aromatic rings. The SMILES string of the molecule is CCCC1CCC(NC(=O)c2ccc(OC)c(Br)c2)CC1. The third-order valence-electron chi connectivity index (χ3n) is 4.29. The molecule has 0 heterocycles. The first-order valence-corrected chi connectivity index (χ1v) is 8.57. The molecule has 1 saturated carbocycles. The largest absolute Gasteiger partial charge is 0.496 e. The molecule has 0 unspecified atom stereocenters. The van der Waals surface area contributed by atoms with Gasteiger partial charge >= 0.3 is 0 Å². The zero-order valence-corrected chi connectivity index (χ0v) is 14.4. The molecule has 1 aromatic carbocycles. The minimum absolute atomic E-state index is 0.0114. The second-order valence-electron chi connectivity index (χ2n) is 5.83. The molecule has 0 aliphatic heterocycles. The highest BCUT2D eigenvalue weighted by atomic mass is 79.9. The number of hydrogen-bond acceptors (Lipinski definition) is 2. The van der Waals surface area contributed by atoms with E-state index in [2.05, 4.69) is 28.2 Å². The normalized spacial score (nSPS) is 21.9. The van der Waals surface area contributed by atoms with Gasteiger partial charge in [0.15, 0.2) is 0 Å². The van der Waals surface area contributed by atoms with Crippen LogP contribution in [0.2, 0.25) is 0 Å². The van der Waals surface area contributed by atoms with Crippen LogP contribution in [0.15, 0.2) is 22.7 Å². The molecule has 1 aliphatic carbocycles. The molecule has 0 aromatic heterocycles. The quantitative estimate of drug-likeness (QED) is 0.843. The zero-order valence-electron chi connectivity index (χ0n) is 12.8. The molecule has 1 N–H and O–H groups in total. The summed E-state index contributed by atoms with van der Waals surface area (Å²) in [6.45, 7) is 2.25. The summed E-state index contributed by atoms with van der Waals surface area (Å²) in [5.41, 5.74) is 0.679. The fourth-order valence-electron chi connectivity index (χ4n) is 3.08. The summed E-state index contributed by atoms with van der Waals surface area (Å²) in [7, 11) is 1.62. The van der Waals surface area contributed by atoms with Gasteiger partial charge in [0, 0.05) is 11.6 Å². The molecule has 0 spiro atoms. The summed E-state index contributed by atoms with van der Waals surface area (Å²) >= 11 is 3.42. The van der Waals surface area contributed by atoms with Gasteiger partial charge in [0.05, 0.1) is 11.6 Å². The highest BCUT2D eigenvalue weighted by molar-refractivity contribution is 9.10.